The van der Waals surface area contributed by atoms with Crippen LogP contribution in [-0.2, 0) is 5.92 Å². The number of rotatable bonds is 2. The van der Waals surface area contributed by atoms with Gasteiger partial charge < -0.3 is 5.73 Å². The molecule has 0 amide bonds. The van der Waals surface area contributed by atoms with Gasteiger partial charge in [-0.05, 0) is 55.7 Å². The van der Waals surface area contributed by atoms with E-state index in [1.165, 1.54) is 24.3 Å². The molecular formula is C16H17F2N. The van der Waals surface area contributed by atoms with E-state index in [1.54, 1.807) is 19.1 Å². The highest BCUT2D eigenvalue weighted by Crippen LogP contribution is 2.38. The number of hydrogen-bond acceptors (Lipinski definition) is 1. The van der Waals surface area contributed by atoms with Gasteiger partial charge in [-0.25, -0.2) is 0 Å². The Bertz CT molecular complexity index is 601. The van der Waals surface area contributed by atoms with Crippen molar-refractivity contribution >= 4 is 5.69 Å². The SMILES string of the molecule is Cc1cc(C)c(C(F)(F)c2ccc(N)cc2)cc1C. The van der Waals surface area contributed by atoms with Crippen molar-refractivity contribution in [2.75, 3.05) is 5.73 Å². The van der Waals surface area contributed by atoms with E-state index in [2.05, 4.69) is 0 Å². The summed E-state index contributed by atoms with van der Waals surface area (Å²) in [5, 5.41) is 0. The summed E-state index contributed by atoms with van der Waals surface area (Å²) in [6.45, 7) is 5.48. The highest BCUT2D eigenvalue weighted by atomic mass is 19.3. The van der Waals surface area contributed by atoms with Crippen LogP contribution in [0.15, 0.2) is 36.4 Å². The lowest BCUT2D eigenvalue weighted by molar-refractivity contribution is 0.0421. The molecule has 0 aromatic heterocycles. The predicted octanol–water partition coefficient (Wildman–Crippen LogP) is 4.33. The molecule has 2 rings (SSSR count). The van der Waals surface area contributed by atoms with E-state index in [1.807, 2.05) is 13.8 Å². The van der Waals surface area contributed by atoms with Gasteiger partial charge >= 0.3 is 0 Å². The Morgan fingerprint density at radius 2 is 1.37 bits per heavy atom. The van der Waals surface area contributed by atoms with Gasteiger partial charge in [0, 0.05) is 16.8 Å². The van der Waals surface area contributed by atoms with Crippen LogP contribution in [0.3, 0.4) is 0 Å². The van der Waals surface area contributed by atoms with Crippen molar-refractivity contribution in [2.45, 2.75) is 26.7 Å². The largest absolute Gasteiger partial charge is 0.399 e. The number of hydrogen-bond donors (Lipinski definition) is 1. The van der Waals surface area contributed by atoms with Gasteiger partial charge in [-0.15, -0.1) is 0 Å². The first kappa shape index (κ1) is 13.5. The predicted molar refractivity (Wildman–Crippen MR) is 74.5 cm³/mol. The van der Waals surface area contributed by atoms with Crippen LogP contribution in [0, 0.1) is 20.8 Å². The second-order valence-electron chi connectivity index (χ2n) is 4.95. The molecule has 0 bridgehead atoms. The second-order valence-corrected chi connectivity index (χ2v) is 4.95. The first-order chi connectivity index (χ1) is 8.82. The molecule has 0 radical (unpaired) electrons. The lowest BCUT2D eigenvalue weighted by Gasteiger charge is -2.21. The Morgan fingerprint density at radius 3 is 1.95 bits per heavy atom. The van der Waals surface area contributed by atoms with Crippen LogP contribution in [0.2, 0.25) is 0 Å². The summed E-state index contributed by atoms with van der Waals surface area (Å²) < 4.78 is 29.1. The quantitative estimate of drug-likeness (QED) is 0.800. The van der Waals surface area contributed by atoms with Crippen LogP contribution in [0.25, 0.3) is 0 Å². The van der Waals surface area contributed by atoms with E-state index in [9.17, 15) is 8.78 Å². The van der Waals surface area contributed by atoms with Crippen LogP contribution >= 0.6 is 0 Å². The molecule has 0 saturated carbocycles. The first-order valence-corrected chi connectivity index (χ1v) is 6.14. The number of aryl methyl sites for hydroxylation is 3. The van der Waals surface area contributed by atoms with Gasteiger partial charge in [-0.3, -0.25) is 0 Å². The maximum absolute atomic E-state index is 14.6. The Kier molecular flexibility index (Phi) is 3.31. The third kappa shape index (κ3) is 2.46. The van der Waals surface area contributed by atoms with Crippen molar-refractivity contribution in [3.63, 3.8) is 0 Å². The third-order valence-electron chi connectivity index (χ3n) is 3.45. The lowest BCUT2D eigenvalue weighted by atomic mass is 9.92. The van der Waals surface area contributed by atoms with Gasteiger partial charge in [0.2, 0.25) is 0 Å². The number of halogens is 2. The fourth-order valence-corrected chi connectivity index (χ4v) is 2.15. The normalized spacial score (nSPS) is 11.6. The van der Waals surface area contributed by atoms with Gasteiger partial charge in [-0.1, -0.05) is 18.2 Å². The summed E-state index contributed by atoms with van der Waals surface area (Å²) in [5.41, 5.74) is 8.54. The first-order valence-electron chi connectivity index (χ1n) is 6.14. The zero-order valence-electron chi connectivity index (χ0n) is 11.3. The third-order valence-corrected chi connectivity index (χ3v) is 3.45. The fraction of sp³-hybridized carbons (Fsp3) is 0.250. The molecule has 3 heteroatoms. The molecule has 0 saturated heterocycles. The Labute approximate surface area is 112 Å². The van der Waals surface area contributed by atoms with Gasteiger partial charge in [0.25, 0.3) is 5.92 Å². The summed E-state index contributed by atoms with van der Waals surface area (Å²) in [6.07, 6.45) is 0. The Morgan fingerprint density at radius 1 is 0.842 bits per heavy atom. The van der Waals surface area contributed by atoms with Crippen LogP contribution in [0.4, 0.5) is 14.5 Å². The second kappa shape index (κ2) is 4.65. The molecule has 1 nitrogen and oxygen atoms in total. The molecule has 2 aromatic rings. The summed E-state index contributed by atoms with van der Waals surface area (Å²) >= 11 is 0. The van der Waals surface area contributed by atoms with Crippen molar-refractivity contribution in [2.24, 2.45) is 0 Å². The average molecular weight is 261 g/mol. The van der Waals surface area contributed by atoms with Crippen LogP contribution in [-0.4, -0.2) is 0 Å². The molecule has 0 aliphatic carbocycles. The summed E-state index contributed by atoms with van der Waals surface area (Å²) in [4.78, 5) is 0. The molecule has 0 spiro atoms. The number of anilines is 1. The monoisotopic (exact) mass is 261 g/mol. The van der Waals surface area contributed by atoms with Crippen LogP contribution in [0.1, 0.15) is 27.8 Å². The highest BCUT2D eigenvalue weighted by Gasteiger charge is 2.35. The summed E-state index contributed by atoms with van der Waals surface area (Å²) in [6, 6.07) is 9.13. The van der Waals surface area contributed by atoms with Crippen molar-refractivity contribution < 1.29 is 8.78 Å². The van der Waals surface area contributed by atoms with E-state index >= 15 is 0 Å². The molecule has 19 heavy (non-hydrogen) atoms. The lowest BCUT2D eigenvalue weighted by Crippen LogP contribution is -2.17. The van der Waals surface area contributed by atoms with Crippen molar-refractivity contribution in [1.29, 1.82) is 0 Å². The minimum atomic E-state index is -3.00. The minimum Gasteiger partial charge on any atom is -0.399 e. The maximum Gasteiger partial charge on any atom is 0.298 e. The van der Waals surface area contributed by atoms with Crippen LogP contribution in [0.5, 0.6) is 0 Å². The van der Waals surface area contributed by atoms with Gasteiger partial charge in [0.1, 0.15) is 0 Å². The van der Waals surface area contributed by atoms with Crippen LogP contribution < -0.4 is 5.73 Å². The summed E-state index contributed by atoms with van der Waals surface area (Å²) in [5.74, 6) is -3.00. The number of alkyl halides is 2. The molecule has 0 unspecified atom stereocenters. The topological polar surface area (TPSA) is 26.0 Å². The average Bonchev–Trinajstić information content (AvgIpc) is 2.34. The molecule has 2 aromatic carbocycles. The molecule has 2 N–H and O–H groups in total. The van der Waals surface area contributed by atoms with E-state index in [4.69, 9.17) is 5.73 Å². The van der Waals surface area contributed by atoms with E-state index < -0.39 is 5.92 Å². The van der Waals surface area contributed by atoms with E-state index in [-0.39, 0.29) is 11.1 Å². The molecule has 0 atom stereocenters. The minimum absolute atomic E-state index is 0.0342. The molecule has 100 valence electrons. The molecule has 0 fully saturated rings. The zero-order valence-corrected chi connectivity index (χ0v) is 11.3. The highest BCUT2D eigenvalue weighted by molar-refractivity contribution is 5.46. The molecule has 0 aliphatic heterocycles. The zero-order chi connectivity index (χ0) is 14.2. The van der Waals surface area contributed by atoms with Gasteiger partial charge in [0.05, 0.1) is 0 Å². The Balaban J connectivity index is 2.55. The van der Waals surface area contributed by atoms with Crippen molar-refractivity contribution in [3.05, 3.63) is 64.2 Å². The van der Waals surface area contributed by atoms with E-state index in [0.29, 0.717) is 11.3 Å². The molecule has 0 aliphatic rings. The number of nitrogens with two attached hydrogens (primary N) is 1. The standard InChI is InChI=1S/C16H17F2N/c1-10-8-12(3)15(9-11(10)2)16(17,18)13-4-6-14(19)7-5-13/h4-9H,19H2,1-3H3. The number of nitrogen functional groups attached to an aromatic ring is 1. The fourth-order valence-electron chi connectivity index (χ4n) is 2.15. The van der Waals surface area contributed by atoms with Crippen molar-refractivity contribution in [3.8, 4) is 0 Å². The molecular weight excluding hydrogens is 244 g/mol. The van der Waals surface area contributed by atoms with E-state index in [0.717, 1.165) is 11.1 Å². The maximum atomic E-state index is 14.6. The number of benzene rings is 2. The van der Waals surface area contributed by atoms with Gasteiger partial charge in [0.15, 0.2) is 0 Å². The summed E-state index contributed by atoms with van der Waals surface area (Å²) in [7, 11) is 0. The molecule has 0 heterocycles. The van der Waals surface area contributed by atoms with Gasteiger partial charge in [-0.2, -0.15) is 8.78 Å². The smallest absolute Gasteiger partial charge is 0.298 e. The van der Waals surface area contributed by atoms with Crippen molar-refractivity contribution in [1.82, 2.24) is 0 Å². The Hall–Kier alpha value is -1.90.